The molecule has 0 N–H and O–H groups in total. The molecule has 0 saturated heterocycles. The third-order valence-corrected chi connectivity index (χ3v) is 21.0. The third-order valence-electron chi connectivity index (χ3n) is 12.5. The number of anilines is 9. The number of nitrogens with zero attached hydrogens (tertiary/aromatic N) is 3. The summed E-state index contributed by atoms with van der Waals surface area (Å²) < 4.78 is 11.6. The van der Waals surface area contributed by atoms with Crippen LogP contribution in [-0.4, -0.2) is 0 Å². The van der Waals surface area contributed by atoms with E-state index in [0.717, 1.165) is 34.1 Å². The first-order valence-corrected chi connectivity index (χ1v) is 30.2. The van der Waals surface area contributed by atoms with Crippen molar-refractivity contribution >= 4 is 225 Å². The summed E-state index contributed by atoms with van der Waals surface area (Å²) in [5.41, 5.74) is 6.83. The highest BCUT2D eigenvalue weighted by atomic mass is 79.9. The fraction of sp³-hybridized carbons (Fsp3) is 0. The van der Waals surface area contributed by atoms with E-state index in [0.29, 0.717) is 0 Å². The number of rotatable bonds is 9. The van der Waals surface area contributed by atoms with Crippen molar-refractivity contribution < 1.29 is 0 Å². The first-order chi connectivity index (χ1) is 35.4. The minimum atomic E-state index is 1.14. The summed E-state index contributed by atoms with van der Waals surface area (Å²) in [5.74, 6) is 0. The van der Waals surface area contributed by atoms with Gasteiger partial charge in [-0.1, -0.05) is 109 Å². The standard InChI is InChI=1S/C48H33N3S3.C12H3Br3S3/c1-7-19-34(20-8-1)49(35-21-9-2-10-22-35)43-31-40-46(52-43)41-32-44(50(36-23-11-3-12-24-36)37-25-13-4-14-26-37)54-48(41)42-33-45(53-47(40)42)51(38-27-15-5-16-28-38)39-29-17-6-18-30-39;13-7-1-4-10(16-7)5-2-9(15)18-12(5)6-3-8(14)17-11(4)6/h1-33H;1-3H. The van der Waals surface area contributed by atoms with Gasteiger partial charge in [0, 0.05) is 94.6 Å². The van der Waals surface area contributed by atoms with Gasteiger partial charge in [-0.25, -0.2) is 0 Å². The van der Waals surface area contributed by atoms with E-state index in [1.165, 1.54) is 86.9 Å². The molecule has 14 aromatic rings. The molecule has 12 heteroatoms. The summed E-state index contributed by atoms with van der Waals surface area (Å²) in [6, 6.07) is 78.3. The fourth-order valence-electron chi connectivity index (χ4n) is 9.43. The average Bonchev–Trinajstić information content (AvgIpc) is 4.30. The Morgan fingerprint density at radius 1 is 0.222 bits per heavy atom. The normalized spacial score (nSPS) is 11.5. The van der Waals surface area contributed by atoms with E-state index in [9.17, 15) is 0 Å². The summed E-state index contributed by atoms with van der Waals surface area (Å²) in [7, 11) is 0. The van der Waals surface area contributed by atoms with Crippen molar-refractivity contribution in [1.29, 1.82) is 0 Å². The lowest BCUT2D eigenvalue weighted by molar-refractivity contribution is 1.32. The monoisotopic (exact) mass is 1230 g/mol. The molecule has 72 heavy (non-hydrogen) atoms. The summed E-state index contributed by atoms with van der Waals surface area (Å²) in [6.45, 7) is 0. The topological polar surface area (TPSA) is 9.72 Å². The van der Waals surface area contributed by atoms with E-state index in [1.54, 1.807) is 0 Å². The van der Waals surface area contributed by atoms with E-state index >= 15 is 0 Å². The highest BCUT2D eigenvalue weighted by Crippen LogP contribution is 2.55. The Morgan fingerprint density at radius 3 is 0.611 bits per heavy atom. The van der Waals surface area contributed by atoms with Crippen LogP contribution in [0.2, 0.25) is 0 Å². The molecule has 0 unspecified atom stereocenters. The largest absolute Gasteiger partial charge is 0.302 e. The summed E-state index contributed by atoms with van der Waals surface area (Å²) >= 11 is 21.9. The van der Waals surface area contributed by atoms with Crippen LogP contribution in [0.15, 0.2) is 230 Å². The molecule has 0 spiro atoms. The van der Waals surface area contributed by atoms with Crippen molar-refractivity contribution in [2.45, 2.75) is 0 Å². The second-order valence-corrected chi connectivity index (χ2v) is 27.3. The number of hydrogen-bond donors (Lipinski definition) is 0. The Balaban J connectivity index is 0.000000233. The smallest absolute Gasteiger partial charge is 0.101 e. The van der Waals surface area contributed by atoms with Gasteiger partial charge in [0.15, 0.2) is 0 Å². The van der Waals surface area contributed by atoms with E-state index in [-0.39, 0.29) is 0 Å². The Kier molecular flexibility index (Phi) is 12.6. The van der Waals surface area contributed by atoms with Crippen LogP contribution in [0.1, 0.15) is 0 Å². The van der Waals surface area contributed by atoms with Crippen molar-refractivity contribution in [3.63, 3.8) is 0 Å². The number of fused-ring (bicyclic) bond motifs is 12. The molecule has 0 atom stereocenters. The molecule has 0 radical (unpaired) electrons. The zero-order valence-electron chi connectivity index (χ0n) is 37.7. The van der Waals surface area contributed by atoms with Crippen LogP contribution in [0.3, 0.4) is 0 Å². The number of hydrogen-bond acceptors (Lipinski definition) is 9. The van der Waals surface area contributed by atoms with E-state index in [1.807, 2.05) is 68.0 Å². The molecular formula is C60H36Br3N3S6. The van der Waals surface area contributed by atoms with Crippen molar-refractivity contribution in [1.82, 2.24) is 0 Å². The van der Waals surface area contributed by atoms with Gasteiger partial charge in [-0.05, 0) is 157 Å². The maximum atomic E-state index is 3.61. The van der Waals surface area contributed by atoms with Crippen LogP contribution in [0.25, 0.3) is 60.5 Å². The molecule has 6 heterocycles. The molecule has 8 aromatic carbocycles. The highest BCUT2D eigenvalue weighted by molar-refractivity contribution is 9.11. The Hall–Kier alpha value is -5.64. The van der Waals surface area contributed by atoms with Crippen LogP contribution in [-0.2, 0) is 0 Å². The molecule has 0 amide bonds. The van der Waals surface area contributed by atoms with Gasteiger partial charge in [0.05, 0.1) is 11.4 Å². The zero-order chi connectivity index (χ0) is 48.3. The van der Waals surface area contributed by atoms with Crippen LogP contribution in [0.4, 0.5) is 49.1 Å². The quantitative estimate of drug-likeness (QED) is 0.143. The number of benzene rings is 8. The lowest BCUT2D eigenvalue weighted by Gasteiger charge is -2.23. The first kappa shape index (κ1) is 46.2. The van der Waals surface area contributed by atoms with Crippen molar-refractivity contribution in [2.24, 2.45) is 0 Å². The summed E-state index contributed by atoms with van der Waals surface area (Å²) in [4.78, 5) is 7.18. The Morgan fingerprint density at radius 2 is 0.403 bits per heavy atom. The lowest BCUT2D eigenvalue weighted by Crippen LogP contribution is -2.07. The average molecular weight is 1230 g/mol. The predicted octanol–water partition coefficient (Wildman–Crippen LogP) is 23.4. The summed E-state index contributed by atoms with van der Waals surface area (Å²) in [5, 5.41) is 11.5. The Bertz CT molecular complexity index is 3460. The molecule has 6 aromatic heterocycles. The predicted molar refractivity (Wildman–Crippen MR) is 332 cm³/mol. The van der Waals surface area contributed by atoms with Gasteiger partial charge in [0.2, 0.25) is 0 Å². The molecule has 348 valence electrons. The highest BCUT2D eigenvalue weighted by Gasteiger charge is 2.25. The number of thiophene rings is 6. The number of halogens is 3. The molecule has 14 rings (SSSR count). The van der Waals surface area contributed by atoms with Gasteiger partial charge in [-0.15, -0.1) is 68.0 Å². The fourth-order valence-corrected chi connectivity index (χ4v) is 18.4. The van der Waals surface area contributed by atoms with Crippen LogP contribution in [0.5, 0.6) is 0 Å². The second-order valence-electron chi connectivity index (χ2n) is 16.9. The van der Waals surface area contributed by atoms with E-state index in [2.05, 4.69) is 281 Å². The number of para-hydroxylation sites is 6. The van der Waals surface area contributed by atoms with Crippen molar-refractivity contribution in [3.05, 3.63) is 230 Å². The zero-order valence-corrected chi connectivity index (χ0v) is 47.4. The van der Waals surface area contributed by atoms with Gasteiger partial charge in [0.1, 0.15) is 15.0 Å². The minimum absolute atomic E-state index is 1.14. The van der Waals surface area contributed by atoms with Crippen LogP contribution >= 0.6 is 116 Å². The Labute approximate surface area is 465 Å². The molecule has 0 saturated carbocycles. The molecule has 0 bridgehead atoms. The van der Waals surface area contributed by atoms with Crippen LogP contribution < -0.4 is 14.7 Å². The van der Waals surface area contributed by atoms with E-state index in [4.69, 9.17) is 0 Å². The first-order valence-electron chi connectivity index (χ1n) is 23.0. The van der Waals surface area contributed by atoms with E-state index < -0.39 is 0 Å². The lowest BCUT2D eigenvalue weighted by atomic mass is 10.1. The van der Waals surface area contributed by atoms with Gasteiger partial charge in [-0.2, -0.15) is 0 Å². The second kappa shape index (κ2) is 19.7. The molecule has 0 fully saturated rings. The maximum Gasteiger partial charge on any atom is 0.101 e. The summed E-state index contributed by atoms with van der Waals surface area (Å²) in [6.07, 6.45) is 0. The maximum absolute atomic E-state index is 3.61. The molecule has 0 aliphatic rings. The molecule has 3 nitrogen and oxygen atoms in total. The van der Waals surface area contributed by atoms with Gasteiger partial charge in [0.25, 0.3) is 0 Å². The van der Waals surface area contributed by atoms with Crippen molar-refractivity contribution in [3.8, 4) is 0 Å². The molecule has 0 aliphatic carbocycles. The van der Waals surface area contributed by atoms with Gasteiger partial charge < -0.3 is 14.7 Å². The minimum Gasteiger partial charge on any atom is -0.302 e. The van der Waals surface area contributed by atoms with Crippen LogP contribution in [0, 0.1) is 0 Å². The SMILES string of the molecule is Brc1cc2c(s1)c1cc(Br)sc1c1cc(Br)sc21.c1ccc(N(c2ccccc2)c2cc3c(s2)c2cc(N(c4ccccc4)c4ccccc4)sc2c2cc(N(c4ccccc4)c4ccccc4)sc32)cc1. The molecular weight excluding hydrogens is 1190 g/mol. The third kappa shape index (κ3) is 8.50. The van der Waals surface area contributed by atoms with Gasteiger partial charge in [-0.3, -0.25) is 0 Å². The van der Waals surface area contributed by atoms with Crippen molar-refractivity contribution in [2.75, 3.05) is 14.7 Å². The van der Waals surface area contributed by atoms with Gasteiger partial charge >= 0.3 is 0 Å². The molecule has 0 aliphatic heterocycles.